The molecule has 2 aromatic heterocycles. The molecule has 0 spiro atoms. The molecule has 25 heavy (non-hydrogen) atoms. The maximum Gasteiger partial charge on any atom is 0.317 e. The Hall–Kier alpha value is -3.20. The molecule has 0 aliphatic rings. The maximum absolute atomic E-state index is 13.2. The zero-order valence-electron chi connectivity index (χ0n) is 12.6. The first kappa shape index (κ1) is 16.7. The Morgan fingerprint density at radius 1 is 1.32 bits per heavy atom. The minimum atomic E-state index is -0.772. The summed E-state index contributed by atoms with van der Waals surface area (Å²) >= 11 is 1.31. The van der Waals surface area contributed by atoms with E-state index in [1.54, 1.807) is 23.7 Å². The highest BCUT2D eigenvalue weighted by molar-refractivity contribution is 7.13. The Kier molecular flexibility index (Phi) is 4.75. The van der Waals surface area contributed by atoms with Crippen LogP contribution in [0.5, 0.6) is 5.75 Å². The summed E-state index contributed by atoms with van der Waals surface area (Å²) in [5.41, 5.74) is 0.629. The van der Waals surface area contributed by atoms with Gasteiger partial charge in [-0.2, -0.15) is 0 Å². The number of halogens is 1. The maximum atomic E-state index is 13.2. The molecule has 0 fully saturated rings. The first-order valence-electron chi connectivity index (χ1n) is 7.03. The molecule has 0 N–H and O–H groups in total. The third-order valence-corrected chi connectivity index (χ3v) is 4.02. The number of ether oxygens (including phenoxy) is 1. The van der Waals surface area contributed by atoms with Gasteiger partial charge in [0.25, 0.3) is 0 Å². The summed E-state index contributed by atoms with van der Waals surface area (Å²) in [6.45, 7) is 0. The lowest BCUT2D eigenvalue weighted by Crippen LogP contribution is -2.12. The van der Waals surface area contributed by atoms with Gasteiger partial charge < -0.3 is 4.74 Å². The lowest BCUT2D eigenvalue weighted by Gasteiger charge is -2.04. The molecule has 0 atom stereocenters. The van der Waals surface area contributed by atoms with Crippen LogP contribution >= 0.6 is 11.3 Å². The number of thiazole rings is 1. The van der Waals surface area contributed by atoms with Crippen LogP contribution in [0.1, 0.15) is 5.69 Å². The van der Waals surface area contributed by atoms with Crippen LogP contribution in [0, 0.1) is 15.9 Å². The highest BCUT2D eigenvalue weighted by atomic mass is 32.1. The van der Waals surface area contributed by atoms with Crippen LogP contribution < -0.4 is 4.74 Å². The topological polar surface area (TPSA) is 95.2 Å². The van der Waals surface area contributed by atoms with E-state index >= 15 is 0 Å². The van der Waals surface area contributed by atoms with E-state index in [1.165, 1.54) is 11.3 Å². The van der Waals surface area contributed by atoms with Gasteiger partial charge >= 0.3 is 11.7 Å². The van der Waals surface area contributed by atoms with E-state index in [4.69, 9.17) is 4.74 Å². The lowest BCUT2D eigenvalue weighted by atomic mass is 10.3. The molecule has 0 saturated heterocycles. The number of rotatable bonds is 5. The molecule has 0 aliphatic heterocycles. The third-order valence-electron chi connectivity index (χ3n) is 3.10. The summed E-state index contributed by atoms with van der Waals surface area (Å²) in [7, 11) is 0. The van der Waals surface area contributed by atoms with E-state index in [2.05, 4.69) is 9.97 Å². The fourth-order valence-electron chi connectivity index (χ4n) is 2.02. The highest BCUT2D eigenvalue weighted by Crippen LogP contribution is 2.28. The van der Waals surface area contributed by atoms with Crippen molar-refractivity contribution in [2.45, 2.75) is 6.42 Å². The van der Waals surface area contributed by atoms with Gasteiger partial charge in [-0.05, 0) is 18.2 Å². The van der Waals surface area contributed by atoms with Crippen molar-refractivity contribution in [3.8, 4) is 16.5 Å². The Labute approximate surface area is 144 Å². The van der Waals surface area contributed by atoms with E-state index in [9.17, 15) is 19.3 Å². The molecule has 2 heterocycles. The lowest BCUT2D eigenvalue weighted by molar-refractivity contribution is -0.385. The zero-order valence-corrected chi connectivity index (χ0v) is 13.4. The average molecular weight is 359 g/mol. The Morgan fingerprint density at radius 2 is 2.16 bits per heavy atom. The molecule has 1 aromatic carbocycles. The fourth-order valence-corrected chi connectivity index (χ4v) is 2.82. The van der Waals surface area contributed by atoms with E-state index in [0.29, 0.717) is 16.4 Å². The van der Waals surface area contributed by atoms with Crippen molar-refractivity contribution in [2.75, 3.05) is 0 Å². The van der Waals surface area contributed by atoms with Crippen LogP contribution in [-0.2, 0) is 11.2 Å². The number of carbonyl (C=O) groups excluding carboxylic acids is 1. The monoisotopic (exact) mass is 359 g/mol. The van der Waals surface area contributed by atoms with Crippen LogP contribution in [0.4, 0.5) is 10.1 Å². The summed E-state index contributed by atoms with van der Waals surface area (Å²) in [5, 5.41) is 13.2. The number of hydrogen-bond acceptors (Lipinski definition) is 7. The SMILES string of the molecule is O=C(Cc1csc(-c2ccccn2)n1)Oc1cc(F)ccc1[N+](=O)[O-]. The zero-order chi connectivity index (χ0) is 17.8. The predicted molar refractivity (Wildman–Crippen MR) is 87.7 cm³/mol. The molecule has 3 rings (SSSR count). The van der Waals surface area contributed by atoms with Crippen molar-refractivity contribution in [3.05, 3.63) is 69.6 Å². The second kappa shape index (κ2) is 7.14. The van der Waals surface area contributed by atoms with Gasteiger partial charge in [-0.1, -0.05) is 6.07 Å². The molecule has 0 unspecified atom stereocenters. The van der Waals surface area contributed by atoms with Gasteiger partial charge in [-0.3, -0.25) is 19.9 Å². The van der Waals surface area contributed by atoms with E-state index in [1.807, 2.05) is 6.07 Å². The molecule has 0 radical (unpaired) electrons. The van der Waals surface area contributed by atoms with Gasteiger partial charge in [0.05, 0.1) is 22.7 Å². The standard InChI is InChI=1S/C16H10FN3O4S/c17-10-4-5-13(20(22)23)14(7-10)24-15(21)8-11-9-25-16(19-11)12-3-1-2-6-18-12/h1-7,9H,8H2. The normalized spacial score (nSPS) is 10.4. The van der Waals surface area contributed by atoms with Gasteiger partial charge in [0.15, 0.2) is 0 Å². The van der Waals surface area contributed by atoms with Crippen molar-refractivity contribution in [2.24, 2.45) is 0 Å². The number of nitrogens with zero attached hydrogens (tertiary/aromatic N) is 3. The summed E-state index contributed by atoms with van der Waals surface area (Å²) in [4.78, 5) is 30.6. The molecule has 126 valence electrons. The van der Waals surface area contributed by atoms with E-state index < -0.39 is 28.1 Å². The van der Waals surface area contributed by atoms with Gasteiger partial charge in [0.1, 0.15) is 10.8 Å². The fraction of sp³-hybridized carbons (Fsp3) is 0.0625. The number of benzene rings is 1. The average Bonchev–Trinajstić information content (AvgIpc) is 3.03. The second-order valence-electron chi connectivity index (χ2n) is 4.88. The summed E-state index contributed by atoms with van der Waals surface area (Å²) in [6, 6.07) is 8.06. The van der Waals surface area contributed by atoms with Crippen LogP contribution in [0.2, 0.25) is 0 Å². The predicted octanol–water partition coefficient (Wildman–Crippen LogP) is 3.40. The molecule has 3 aromatic rings. The van der Waals surface area contributed by atoms with Crippen molar-refractivity contribution < 1.29 is 18.8 Å². The number of aromatic nitrogens is 2. The van der Waals surface area contributed by atoms with Gasteiger partial charge in [-0.15, -0.1) is 11.3 Å². The van der Waals surface area contributed by atoms with E-state index in [0.717, 1.165) is 18.2 Å². The Morgan fingerprint density at radius 3 is 2.88 bits per heavy atom. The molecule has 7 nitrogen and oxygen atoms in total. The van der Waals surface area contributed by atoms with Gasteiger partial charge in [0.2, 0.25) is 5.75 Å². The van der Waals surface area contributed by atoms with Gasteiger partial charge in [0, 0.05) is 23.7 Å². The molecule has 9 heteroatoms. The van der Waals surface area contributed by atoms with Crippen LogP contribution in [0.25, 0.3) is 10.7 Å². The third kappa shape index (κ3) is 4.01. The quantitative estimate of drug-likeness (QED) is 0.300. The molecule has 0 amide bonds. The minimum Gasteiger partial charge on any atom is -0.419 e. The number of pyridine rings is 1. The van der Waals surface area contributed by atoms with Crippen LogP contribution in [0.3, 0.4) is 0 Å². The largest absolute Gasteiger partial charge is 0.419 e. The number of nitro groups is 1. The molecular formula is C16H10FN3O4S. The molecule has 0 aliphatic carbocycles. The summed E-state index contributed by atoms with van der Waals surface area (Å²) in [5.74, 6) is -1.94. The van der Waals surface area contributed by atoms with Crippen LogP contribution in [0.15, 0.2) is 48.0 Å². The van der Waals surface area contributed by atoms with Crippen molar-refractivity contribution >= 4 is 23.0 Å². The van der Waals surface area contributed by atoms with Crippen molar-refractivity contribution in [1.82, 2.24) is 9.97 Å². The molecular weight excluding hydrogens is 349 g/mol. The Balaban J connectivity index is 1.73. The Bertz CT molecular complexity index is 930. The number of hydrogen-bond donors (Lipinski definition) is 0. The smallest absolute Gasteiger partial charge is 0.317 e. The molecule has 0 bridgehead atoms. The minimum absolute atomic E-state index is 0.197. The van der Waals surface area contributed by atoms with Crippen molar-refractivity contribution in [1.29, 1.82) is 0 Å². The highest BCUT2D eigenvalue weighted by Gasteiger charge is 2.20. The first-order chi connectivity index (χ1) is 12.0. The van der Waals surface area contributed by atoms with Crippen LogP contribution in [-0.4, -0.2) is 20.9 Å². The molecule has 0 saturated carbocycles. The van der Waals surface area contributed by atoms with Gasteiger partial charge in [-0.25, -0.2) is 9.37 Å². The number of nitro benzene ring substituents is 1. The number of esters is 1. The number of carbonyl (C=O) groups is 1. The summed E-state index contributed by atoms with van der Waals surface area (Å²) < 4.78 is 18.2. The van der Waals surface area contributed by atoms with E-state index in [-0.39, 0.29) is 6.42 Å². The first-order valence-corrected chi connectivity index (χ1v) is 7.91. The van der Waals surface area contributed by atoms with Crippen molar-refractivity contribution in [3.63, 3.8) is 0 Å². The summed E-state index contributed by atoms with van der Waals surface area (Å²) in [6.07, 6.45) is 1.44. The second-order valence-corrected chi connectivity index (χ2v) is 5.74.